The molecule has 4 rings (SSSR count). The maximum absolute atomic E-state index is 12.8. The fraction of sp³-hybridized carbons (Fsp3) is 0.481. The van der Waals surface area contributed by atoms with Gasteiger partial charge >= 0.3 is 12.2 Å². The number of nitrogens with zero attached hydrogens (tertiary/aromatic N) is 4. The van der Waals surface area contributed by atoms with Gasteiger partial charge in [-0.2, -0.15) is 0 Å². The van der Waals surface area contributed by atoms with Gasteiger partial charge in [0.1, 0.15) is 13.2 Å². The van der Waals surface area contributed by atoms with Crippen LogP contribution in [0, 0.1) is 0 Å². The van der Waals surface area contributed by atoms with E-state index >= 15 is 0 Å². The zero-order valence-electron chi connectivity index (χ0n) is 20.4. The highest BCUT2D eigenvalue weighted by molar-refractivity contribution is 5.68. The number of carbonyl (C=O) groups excluding carboxylic acids is 2. The minimum atomic E-state index is -0.266. The van der Waals surface area contributed by atoms with E-state index in [0.29, 0.717) is 26.2 Å². The summed E-state index contributed by atoms with van der Waals surface area (Å²) in [6, 6.07) is 19.5. The molecule has 2 fully saturated rings. The van der Waals surface area contributed by atoms with Crippen LogP contribution >= 0.6 is 0 Å². The first-order valence-electron chi connectivity index (χ1n) is 12.5. The predicted molar refractivity (Wildman–Crippen MR) is 134 cm³/mol. The zero-order valence-corrected chi connectivity index (χ0v) is 20.4. The second-order valence-corrected chi connectivity index (χ2v) is 9.09. The molecular formula is C27H36N4O4. The van der Waals surface area contributed by atoms with Crippen LogP contribution in [-0.4, -0.2) is 97.2 Å². The Kier molecular flexibility index (Phi) is 9.37. The summed E-state index contributed by atoms with van der Waals surface area (Å²) in [5, 5.41) is 0. The van der Waals surface area contributed by atoms with E-state index in [9.17, 15) is 9.59 Å². The molecule has 0 unspecified atom stereocenters. The fourth-order valence-electron chi connectivity index (χ4n) is 4.45. The third-order valence-corrected chi connectivity index (χ3v) is 6.62. The average Bonchev–Trinajstić information content (AvgIpc) is 2.90. The number of hydrogen-bond acceptors (Lipinski definition) is 6. The van der Waals surface area contributed by atoms with Crippen LogP contribution in [0.4, 0.5) is 9.59 Å². The van der Waals surface area contributed by atoms with Crippen molar-refractivity contribution in [3.05, 3.63) is 71.8 Å². The van der Waals surface area contributed by atoms with Crippen molar-refractivity contribution in [2.75, 3.05) is 65.4 Å². The fourth-order valence-corrected chi connectivity index (χ4v) is 4.45. The number of ether oxygens (including phenoxy) is 2. The highest BCUT2D eigenvalue weighted by Crippen LogP contribution is 2.10. The van der Waals surface area contributed by atoms with Gasteiger partial charge in [0.2, 0.25) is 0 Å². The van der Waals surface area contributed by atoms with Crippen LogP contribution in [0.15, 0.2) is 60.7 Å². The third-order valence-electron chi connectivity index (χ3n) is 6.62. The largest absolute Gasteiger partial charge is 0.445 e. The van der Waals surface area contributed by atoms with Crippen molar-refractivity contribution in [3.63, 3.8) is 0 Å². The molecule has 2 amide bonds. The molecule has 2 aliphatic heterocycles. The Morgan fingerprint density at radius 2 is 0.914 bits per heavy atom. The van der Waals surface area contributed by atoms with Gasteiger partial charge in [0.15, 0.2) is 0 Å². The van der Waals surface area contributed by atoms with Crippen LogP contribution in [0.1, 0.15) is 17.5 Å². The van der Waals surface area contributed by atoms with Gasteiger partial charge in [-0.05, 0) is 30.6 Å². The Morgan fingerprint density at radius 3 is 1.29 bits per heavy atom. The minimum absolute atomic E-state index is 0.266. The lowest BCUT2D eigenvalue weighted by molar-refractivity contribution is 0.0654. The van der Waals surface area contributed by atoms with Crippen molar-refractivity contribution in [2.45, 2.75) is 19.6 Å². The Hall–Kier alpha value is -3.10. The van der Waals surface area contributed by atoms with Gasteiger partial charge in [-0.3, -0.25) is 9.80 Å². The van der Waals surface area contributed by atoms with Crippen LogP contribution in [0.2, 0.25) is 0 Å². The van der Waals surface area contributed by atoms with Gasteiger partial charge < -0.3 is 19.3 Å². The standard InChI is InChI=1S/C27H36N4O4/c32-26(34-22-24-8-3-1-4-9-24)30-18-14-28-12-7-13-29(15-19-30)17-21-31(20-16-28)27(33)35-23-25-10-5-2-6-11-25/h1-6,8-11H,7,12-23H2. The van der Waals surface area contributed by atoms with E-state index in [0.717, 1.165) is 56.8 Å². The van der Waals surface area contributed by atoms with Crippen LogP contribution < -0.4 is 0 Å². The van der Waals surface area contributed by atoms with Gasteiger partial charge in [0.25, 0.3) is 0 Å². The molecular weight excluding hydrogens is 444 g/mol. The molecule has 2 bridgehead atoms. The summed E-state index contributed by atoms with van der Waals surface area (Å²) in [6.07, 6.45) is 0.548. The average molecular weight is 481 g/mol. The van der Waals surface area contributed by atoms with Crippen molar-refractivity contribution in [3.8, 4) is 0 Å². The molecule has 0 spiro atoms. The van der Waals surface area contributed by atoms with Gasteiger partial charge in [0, 0.05) is 52.4 Å². The van der Waals surface area contributed by atoms with Crippen LogP contribution in [0.25, 0.3) is 0 Å². The first kappa shape index (κ1) is 25.0. The number of hydrogen-bond donors (Lipinski definition) is 0. The van der Waals surface area contributed by atoms with Crippen molar-refractivity contribution >= 4 is 12.2 Å². The van der Waals surface area contributed by atoms with Crippen LogP contribution in [0.3, 0.4) is 0 Å². The molecule has 2 heterocycles. The topological polar surface area (TPSA) is 65.6 Å². The number of carbonyl (C=O) groups is 2. The van der Waals surface area contributed by atoms with Gasteiger partial charge in [0.05, 0.1) is 0 Å². The van der Waals surface area contributed by atoms with Gasteiger partial charge in [-0.15, -0.1) is 0 Å². The highest BCUT2D eigenvalue weighted by atomic mass is 16.6. The lowest BCUT2D eigenvalue weighted by atomic mass is 10.2. The first-order valence-corrected chi connectivity index (χ1v) is 12.5. The molecule has 0 N–H and O–H groups in total. The summed E-state index contributed by atoms with van der Waals surface area (Å²) in [7, 11) is 0. The Balaban J connectivity index is 1.33. The van der Waals surface area contributed by atoms with Crippen LogP contribution in [0.5, 0.6) is 0 Å². The van der Waals surface area contributed by atoms with E-state index < -0.39 is 0 Å². The second-order valence-electron chi connectivity index (χ2n) is 9.09. The maximum Gasteiger partial charge on any atom is 0.410 e. The molecule has 0 aliphatic carbocycles. The third kappa shape index (κ3) is 7.97. The maximum atomic E-state index is 12.8. The van der Waals surface area contributed by atoms with Crippen molar-refractivity contribution in [2.24, 2.45) is 0 Å². The van der Waals surface area contributed by atoms with E-state index in [4.69, 9.17) is 9.47 Å². The Morgan fingerprint density at radius 1 is 0.543 bits per heavy atom. The molecule has 0 aromatic heterocycles. The van der Waals surface area contributed by atoms with E-state index in [1.54, 1.807) is 0 Å². The van der Waals surface area contributed by atoms with Crippen LogP contribution in [-0.2, 0) is 22.7 Å². The number of amides is 2. The van der Waals surface area contributed by atoms with E-state index in [1.807, 2.05) is 70.5 Å². The predicted octanol–water partition coefficient (Wildman–Crippen LogP) is 3.29. The molecule has 0 radical (unpaired) electrons. The summed E-state index contributed by atoms with van der Waals surface area (Å²) >= 11 is 0. The molecule has 35 heavy (non-hydrogen) atoms. The Labute approximate surface area is 208 Å². The first-order chi connectivity index (χ1) is 17.2. The normalized spacial score (nSPS) is 21.4. The number of benzene rings is 2. The molecule has 2 aromatic carbocycles. The van der Waals surface area contributed by atoms with Crippen molar-refractivity contribution in [1.82, 2.24) is 19.6 Å². The second kappa shape index (κ2) is 13.1. The molecule has 0 saturated carbocycles. The summed E-state index contributed by atoms with van der Waals surface area (Å²) < 4.78 is 11.2. The minimum Gasteiger partial charge on any atom is -0.445 e. The molecule has 8 nitrogen and oxygen atoms in total. The van der Waals surface area contributed by atoms with E-state index in [-0.39, 0.29) is 25.4 Å². The lowest BCUT2D eigenvalue weighted by Gasteiger charge is -2.36. The monoisotopic (exact) mass is 480 g/mol. The van der Waals surface area contributed by atoms with Gasteiger partial charge in [-0.1, -0.05) is 60.7 Å². The SMILES string of the molecule is O=C(OCc1ccccc1)N1CCN2CCCN(CC1)CCN(C(=O)OCc1ccccc1)CC2. The molecule has 2 aliphatic rings. The zero-order chi connectivity index (χ0) is 24.3. The molecule has 8 heteroatoms. The Bertz CT molecular complexity index is 836. The highest BCUT2D eigenvalue weighted by Gasteiger charge is 2.24. The smallest absolute Gasteiger partial charge is 0.410 e. The van der Waals surface area contributed by atoms with Crippen molar-refractivity contribution < 1.29 is 19.1 Å². The van der Waals surface area contributed by atoms with Gasteiger partial charge in [-0.25, -0.2) is 9.59 Å². The quantitative estimate of drug-likeness (QED) is 0.669. The molecule has 0 atom stereocenters. The summed E-state index contributed by atoms with van der Waals surface area (Å²) in [5.41, 5.74) is 1.97. The van der Waals surface area contributed by atoms with E-state index in [1.165, 1.54) is 0 Å². The van der Waals surface area contributed by atoms with Crippen molar-refractivity contribution in [1.29, 1.82) is 0 Å². The lowest BCUT2D eigenvalue weighted by Crippen LogP contribution is -2.50. The summed E-state index contributed by atoms with van der Waals surface area (Å²) in [5.74, 6) is 0. The van der Waals surface area contributed by atoms with E-state index in [2.05, 4.69) is 9.80 Å². The summed E-state index contributed by atoms with van der Waals surface area (Å²) in [4.78, 5) is 34.0. The molecule has 188 valence electrons. The molecule has 2 aromatic rings. The molecule has 2 saturated heterocycles. The number of rotatable bonds is 4. The summed E-state index contributed by atoms with van der Waals surface area (Å²) in [6.45, 7) is 7.92. The number of fused-ring (bicyclic) bond motifs is 4.